The maximum atomic E-state index is 12.9. The van der Waals surface area contributed by atoms with Crippen molar-refractivity contribution in [2.45, 2.75) is 19.8 Å². The molecule has 0 bridgehead atoms. The highest BCUT2D eigenvalue weighted by molar-refractivity contribution is 14.0. The monoisotopic (exact) mass is 365 g/mol. The lowest BCUT2D eigenvalue weighted by molar-refractivity contribution is 0.625. The Balaban J connectivity index is 0.00000289. The minimum Gasteiger partial charge on any atom is -0.356 e. The Morgan fingerprint density at radius 3 is 2.61 bits per heavy atom. The van der Waals surface area contributed by atoms with Crippen molar-refractivity contribution in [1.82, 2.24) is 10.6 Å². The zero-order chi connectivity index (χ0) is 12.5. The molecule has 1 aromatic rings. The molecule has 0 aromatic heterocycles. The summed E-state index contributed by atoms with van der Waals surface area (Å²) in [6, 6.07) is 6.67. The zero-order valence-corrected chi connectivity index (χ0v) is 13.2. The second-order valence-corrected chi connectivity index (χ2v) is 3.81. The summed E-state index contributed by atoms with van der Waals surface area (Å²) < 4.78 is 12.9. The highest BCUT2D eigenvalue weighted by atomic mass is 127. The minimum absolute atomic E-state index is 0. The second-order valence-electron chi connectivity index (χ2n) is 3.81. The average molecular weight is 365 g/mol. The molecule has 0 spiro atoms. The van der Waals surface area contributed by atoms with Gasteiger partial charge in [0.15, 0.2) is 5.96 Å². The second kappa shape index (κ2) is 10.1. The lowest BCUT2D eigenvalue weighted by Gasteiger charge is -2.10. The standard InChI is InChI=1S/C13H20FN3.HI/c1-3-8-16-13(15-2)17-9-7-11-5-4-6-12(14)10-11;/h4-6,10H,3,7-9H2,1-2H3,(H2,15,16,17);1H. The number of nitrogens with one attached hydrogen (secondary N) is 2. The van der Waals surface area contributed by atoms with Gasteiger partial charge in [-0.05, 0) is 30.5 Å². The van der Waals surface area contributed by atoms with E-state index in [2.05, 4.69) is 22.5 Å². The topological polar surface area (TPSA) is 36.4 Å². The number of benzene rings is 1. The van der Waals surface area contributed by atoms with Crippen LogP contribution in [0.1, 0.15) is 18.9 Å². The molecule has 0 amide bonds. The van der Waals surface area contributed by atoms with Crippen molar-refractivity contribution in [3.8, 4) is 0 Å². The van der Waals surface area contributed by atoms with Gasteiger partial charge in [0.2, 0.25) is 0 Å². The van der Waals surface area contributed by atoms with Gasteiger partial charge in [0.1, 0.15) is 5.82 Å². The molecule has 0 saturated carbocycles. The predicted molar refractivity (Wildman–Crippen MR) is 85.2 cm³/mol. The van der Waals surface area contributed by atoms with Crippen molar-refractivity contribution in [1.29, 1.82) is 0 Å². The average Bonchev–Trinajstić information content (AvgIpc) is 2.33. The van der Waals surface area contributed by atoms with Crippen molar-refractivity contribution >= 4 is 29.9 Å². The summed E-state index contributed by atoms with van der Waals surface area (Å²) in [6.07, 6.45) is 1.84. The molecule has 0 aliphatic carbocycles. The number of nitrogens with zero attached hydrogens (tertiary/aromatic N) is 1. The van der Waals surface area contributed by atoms with Gasteiger partial charge >= 0.3 is 0 Å². The van der Waals surface area contributed by atoms with Crippen molar-refractivity contribution < 1.29 is 4.39 Å². The Labute approximate surface area is 125 Å². The fourth-order valence-electron chi connectivity index (χ4n) is 1.48. The molecule has 0 heterocycles. The number of guanidine groups is 1. The van der Waals surface area contributed by atoms with Crippen molar-refractivity contribution in [3.63, 3.8) is 0 Å². The Bertz CT molecular complexity index is 369. The quantitative estimate of drug-likeness (QED) is 0.478. The summed E-state index contributed by atoms with van der Waals surface area (Å²) in [6.45, 7) is 3.75. The third-order valence-electron chi connectivity index (χ3n) is 2.36. The van der Waals surface area contributed by atoms with Gasteiger partial charge < -0.3 is 10.6 Å². The van der Waals surface area contributed by atoms with Crippen LogP contribution in [0.3, 0.4) is 0 Å². The SMILES string of the molecule is CCCNC(=NC)NCCc1cccc(F)c1.I. The molecule has 2 N–H and O–H groups in total. The third-order valence-corrected chi connectivity index (χ3v) is 2.36. The van der Waals surface area contributed by atoms with Crippen LogP contribution in [0.4, 0.5) is 4.39 Å². The lowest BCUT2D eigenvalue weighted by atomic mass is 10.1. The van der Waals surface area contributed by atoms with Crippen LogP contribution in [0.15, 0.2) is 29.3 Å². The van der Waals surface area contributed by atoms with Crippen LogP contribution >= 0.6 is 24.0 Å². The molecule has 0 atom stereocenters. The molecule has 0 aliphatic rings. The van der Waals surface area contributed by atoms with E-state index in [1.807, 2.05) is 6.07 Å². The first-order valence-corrected chi connectivity index (χ1v) is 5.95. The first-order valence-electron chi connectivity index (χ1n) is 5.95. The number of hydrogen-bond acceptors (Lipinski definition) is 1. The van der Waals surface area contributed by atoms with E-state index < -0.39 is 0 Å². The molecule has 102 valence electrons. The van der Waals surface area contributed by atoms with E-state index in [0.717, 1.165) is 37.5 Å². The van der Waals surface area contributed by atoms with Crippen molar-refractivity contribution in [2.75, 3.05) is 20.1 Å². The van der Waals surface area contributed by atoms with Crippen LogP contribution < -0.4 is 10.6 Å². The maximum Gasteiger partial charge on any atom is 0.190 e. The lowest BCUT2D eigenvalue weighted by Crippen LogP contribution is -2.38. The van der Waals surface area contributed by atoms with Crippen LogP contribution in [0, 0.1) is 5.82 Å². The van der Waals surface area contributed by atoms with Gasteiger partial charge in [-0.3, -0.25) is 4.99 Å². The molecular formula is C13H21FIN3. The normalized spacial score (nSPS) is 10.7. The van der Waals surface area contributed by atoms with E-state index in [-0.39, 0.29) is 29.8 Å². The van der Waals surface area contributed by atoms with E-state index in [0.29, 0.717) is 0 Å². The Hall–Kier alpha value is -0.850. The van der Waals surface area contributed by atoms with E-state index in [1.165, 1.54) is 6.07 Å². The summed E-state index contributed by atoms with van der Waals surface area (Å²) in [5.74, 6) is 0.610. The molecule has 3 nitrogen and oxygen atoms in total. The van der Waals surface area contributed by atoms with Crippen molar-refractivity contribution in [2.24, 2.45) is 4.99 Å². The third kappa shape index (κ3) is 6.78. The molecule has 0 radical (unpaired) electrons. The smallest absolute Gasteiger partial charge is 0.190 e. The molecule has 0 saturated heterocycles. The summed E-state index contributed by atoms with van der Waals surface area (Å²) in [4.78, 5) is 4.09. The minimum atomic E-state index is -0.184. The van der Waals surface area contributed by atoms with E-state index in [1.54, 1.807) is 19.2 Å². The summed E-state index contributed by atoms with van der Waals surface area (Å²) in [5, 5.41) is 6.37. The van der Waals surface area contributed by atoms with Crippen molar-refractivity contribution in [3.05, 3.63) is 35.6 Å². The fourth-order valence-corrected chi connectivity index (χ4v) is 1.48. The van der Waals surface area contributed by atoms with Gasteiger partial charge in [0.25, 0.3) is 0 Å². The first-order chi connectivity index (χ1) is 8.26. The fraction of sp³-hybridized carbons (Fsp3) is 0.462. The number of aliphatic imine (C=N–C) groups is 1. The molecular weight excluding hydrogens is 344 g/mol. The number of hydrogen-bond donors (Lipinski definition) is 2. The molecule has 1 aromatic carbocycles. The van der Waals surface area contributed by atoms with Gasteiger partial charge in [0, 0.05) is 20.1 Å². The molecule has 1 rings (SSSR count). The van der Waals surface area contributed by atoms with E-state index >= 15 is 0 Å². The zero-order valence-electron chi connectivity index (χ0n) is 10.9. The molecule has 18 heavy (non-hydrogen) atoms. The van der Waals surface area contributed by atoms with Crippen LogP contribution in [0.2, 0.25) is 0 Å². The van der Waals surface area contributed by atoms with Gasteiger partial charge in [0.05, 0.1) is 0 Å². The first kappa shape index (κ1) is 17.2. The molecule has 0 fully saturated rings. The van der Waals surface area contributed by atoms with Gasteiger partial charge in [-0.15, -0.1) is 24.0 Å². The van der Waals surface area contributed by atoms with E-state index in [9.17, 15) is 4.39 Å². The van der Waals surface area contributed by atoms with Crippen LogP contribution in [0.25, 0.3) is 0 Å². The maximum absolute atomic E-state index is 12.9. The predicted octanol–water partition coefficient (Wildman–Crippen LogP) is 2.56. The Morgan fingerprint density at radius 1 is 1.28 bits per heavy atom. The molecule has 0 unspecified atom stereocenters. The number of rotatable bonds is 5. The highest BCUT2D eigenvalue weighted by Gasteiger charge is 1.97. The number of halogens is 2. The Kier molecular flexibility index (Phi) is 9.63. The van der Waals surface area contributed by atoms with Gasteiger partial charge in [-0.1, -0.05) is 19.1 Å². The van der Waals surface area contributed by atoms with Crippen LogP contribution in [-0.4, -0.2) is 26.1 Å². The molecule has 0 aliphatic heterocycles. The van der Waals surface area contributed by atoms with Crippen LogP contribution in [0.5, 0.6) is 0 Å². The highest BCUT2D eigenvalue weighted by Crippen LogP contribution is 2.03. The van der Waals surface area contributed by atoms with Crippen LogP contribution in [-0.2, 0) is 6.42 Å². The summed E-state index contributed by atoms with van der Waals surface area (Å²) in [7, 11) is 1.74. The summed E-state index contributed by atoms with van der Waals surface area (Å²) in [5.41, 5.74) is 0.989. The summed E-state index contributed by atoms with van der Waals surface area (Å²) >= 11 is 0. The largest absolute Gasteiger partial charge is 0.356 e. The van der Waals surface area contributed by atoms with E-state index in [4.69, 9.17) is 0 Å². The molecule has 5 heteroatoms. The van der Waals surface area contributed by atoms with Gasteiger partial charge in [-0.25, -0.2) is 4.39 Å². The Morgan fingerprint density at radius 2 is 2.00 bits per heavy atom. The van der Waals surface area contributed by atoms with Gasteiger partial charge in [-0.2, -0.15) is 0 Å².